The van der Waals surface area contributed by atoms with Crippen LogP contribution in [0.25, 0.3) is 0 Å². The molecule has 4 unspecified atom stereocenters. The van der Waals surface area contributed by atoms with Crippen LogP contribution in [0.1, 0.15) is 0 Å². The standard InChI is InChI=1S/C13H24O11/c1-21-12-10(20)8(18)11(5(3-15)23-12)24-13-9(19)7(17)6(16)4(2-14)22-13/h4-20H,2-3H2,1H3/t4?,5?,6-,7?,8?,9-,10+,11-,12+,13-/m1/s1. The Morgan fingerprint density at radius 1 is 0.708 bits per heavy atom. The molecule has 0 saturated carbocycles. The third-order valence-corrected chi connectivity index (χ3v) is 4.19. The summed E-state index contributed by atoms with van der Waals surface area (Å²) in [6.07, 6.45) is -14.3. The first kappa shape index (κ1) is 19.9. The number of aliphatic hydroxyl groups excluding tert-OH is 7. The van der Waals surface area contributed by atoms with Gasteiger partial charge in [0.25, 0.3) is 0 Å². The Hall–Kier alpha value is -0.440. The third kappa shape index (κ3) is 3.71. The molecule has 11 nitrogen and oxygen atoms in total. The second-order valence-electron chi connectivity index (χ2n) is 5.74. The summed E-state index contributed by atoms with van der Waals surface area (Å²) in [5.74, 6) is 0. The van der Waals surface area contributed by atoms with E-state index in [1.165, 1.54) is 7.11 Å². The number of hydrogen-bond donors (Lipinski definition) is 7. The fourth-order valence-corrected chi connectivity index (χ4v) is 2.75. The van der Waals surface area contributed by atoms with Gasteiger partial charge in [-0.05, 0) is 0 Å². The second kappa shape index (κ2) is 8.29. The highest BCUT2D eigenvalue weighted by atomic mass is 16.7. The van der Waals surface area contributed by atoms with Gasteiger partial charge >= 0.3 is 0 Å². The van der Waals surface area contributed by atoms with Gasteiger partial charge in [0.15, 0.2) is 12.6 Å². The molecule has 0 aliphatic carbocycles. The molecule has 2 fully saturated rings. The van der Waals surface area contributed by atoms with Crippen LogP contribution in [0.5, 0.6) is 0 Å². The van der Waals surface area contributed by atoms with Gasteiger partial charge in [0, 0.05) is 7.11 Å². The zero-order valence-corrected chi connectivity index (χ0v) is 13.0. The molecule has 2 rings (SSSR count). The van der Waals surface area contributed by atoms with E-state index in [9.17, 15) is 30.6 Å². The maximum Gasteiger partial charge on any atom is 0.187 e. The van der Waals surface area contributed by atoms with Gasteiger partial charge in [-0.3, -0.25) is 0 Å². The van der Waals surface area contributed by atoms with Gasteiger partial charge in [0.05, 0.1) is 13.2 Å². The first-order chi connectivity index (χ1) is 11.3. The van der Waals surface area contributed by atoms with Crippen molar-refractivity contribution >= 4 is 0 Å². The Balaban J connectivity index is 2.12. The first-order valence-corrected chi connectivity index (χ1v) is 7.46. The lowest BCUT2D eigenvalue weighted by molar-refractivity contribution is -0.357. The summed E-state index contributed by atoms with van der Waals surface area (Å²) in [5.41, 5.74) is 0. The molecule has 24 heavy (non-hydrogen) atoms. The van der Waals surface area contributed by atoms with Crippen LogP contribution >= 0.6 is 0 Å². The smallest absolute Gasteiger partial charge is 0.187 e. The molecular weight excluding hydrogens is 332 g/mol. The molecule has 10 atom stereocenters. The summed E-state index contributed by atoms with van der Waals surface area (Å²) >= 11 is 0. The van der Waals surface area contributed by atoms with Crippen molar-refractivity contribution in [1.29, 1.82) is 0 Å². The molecule has 11 heteroatoms. The van der Waals surface area contributed by atoms with Crippen molar-refractivity contribution in [3.8, 4) is 0 Å². The quantitative estimate of drug-likeness (QED) is 0.251. The van der Waals surface area contributed by atoms with Crippen LogP contribution in [0, 0.1) is 0 Å². The van der Waals surface area contributed by atoms with Crippen molar-refractivity contribution in [1.82, 2.24) is 0 Å². The van der Waals surface area contributed by atoms with Crippen molar-refractivity contribution in [2.75, 3.05) is 20.3 Å². The summed E-state index contributed by atoms with van der Waals surface area (Å²) in [5, 5.41) is 68.0. The Bertz CT molecular complexity index is 392. The van der Waals surface area contributed by atoms with Crippen molar-refractivity contribution in [3.05, 3.63) is 0 Å². The highest BCUT2D eigenvalue weighted by molar-refractivity contribution is 4.93. The summed E-state index contributed by atoms with van der Waals surface area (Å²) in [7, 11) is 1.24. The average molecular weight is 356 g/mol. The van der Waals surface area contributed by atoms with E-state index in [4.69, 9.17) is 24.1 Å². The molecule has 7 N–H and O–H groups in total. The summed E-state index contributed by atoms with van der Waals surface area (Å²) in [6, 6.07) is 0. The van der Waals surface area contributed by atoms with Crippen LogP contribution in [0.3, 0.4) is 0 Å². The van der Waals surface area contributed by atoms with Gasteiger partial charge in [-0.1, -0.05) is 0 Å². The molecule has 142 valence electrons. The van der Waals surface area contributed by atoms with E-state index in [0.29, 0.717) is 0 Å². The fourth-order valence-electron chi connectivity index (χ4n) is 2.75. The van der Waals surface area contributed by atoms with E-state index in [-0.39, 0.29) is 0 Å². The van der Waals surface area contributed by atoms with Crippen LogP contribution in [0.4, 0.5) is 0 Å². The van der Waals surface area contributed by atoms with E-state index in [2.05, 4.69) is 0 Å². The lowest BCUT2D eigenvalue weighted by Crippen LogP contribution is -2.64. The molecule has 0 bridgehead atoms. The molecule has 2 heterocycles. The van der Waals surface area contributed by atoms with Gasteiger partial charge in [0.2, 0.25) is 0 Å². The lowest BCUT2D eigenvalue weighted by atomic mass is 9.97. The second-order valence-corrected chi connectivity index (χ2v) is 5.74. The summed E-state index contributed by atoms with van der Waals surface area (Å²) < 4.78 is 20.6. The van der Waals surface area contributed by atoms with Crippen LogP contribution in [0.2, 0.25) is 0 Å². The van der Waals surface area contributed by atoms with E-state index < -0.39 is 74.6 Å². The molecule has 0 aromatic heterocycles. The third-order valence-electron chi connectivity index (χ3n) is 4.19. The van der Waals surface area contributed by atoms with Gasteiger partial charge in [-0.2, -0.15) is 0 Å². The van der Waals surface area contributed by atoms with Crippen molar-refractivity contribution < 1.29 is 54.7 Å². The fraction of sp³-hybridized carbons (Fsp3) is 1.00. The number of aliphatic hydroxyl groups is 7. The molecule has 0 aromatic carbocycles. The monoisotopic (exact) mass is 356 g/mol. The number of rotatable bonds is 5. The van der Waals surface area contributed by atoms with Gasteiger partial charge in [-0.15, -0.1) is 0 Å². The molecule has 0 amide bonds. The molecule has 0 aromatic rings. The topological polar surface area (TPSA) is 179 Å². The molecule has 2 saturated heterocycles. The largest absolute Gasteiger partial charge is 0.394 e. The van der Waals surface area contributed by atoms with E-state index >= 15 is 0 Å². The predicted octanol–water partition coefficient (Wildman–Crippen LogP) is -4.74. The number of ether oxygens (including phenoxy) is 4. The van der Waals surface area contributed by atoms with Crippen LogP contribution in [-0.2, 0) is 18.9 Å². The minimum absolute atomic E-state index is 0.592. The van der Waals surface area contributed by atoms with Crippen LogP contribution < -0.4 is 0 Å². The Morgan fingerprint density at radius 2 is 1.25 bits per heavy atom. The van der Waals surface area contributed by atoms with Crippen LogP contribution in [0.15, 0.2) is 0 Å². The molecule has 0 radical (unpaired) electrons. The summed E-state index contributed by atoms with van der Waals surface area (Å²) in [6.45, 7) is -1.24. The SMILES string of the molecule is CO[C@H]1OC(CO)[C@@H](O[C@H]2OC(CO)[C@@H](O)C(O)[C@H]2O)C(O)[C@@H]1O. The summed E-state index contributed by atoms with van der Waals surface area (Å²) in [4.78, 5) is 0. The first-order valence-electron chi connectivity index (χ1n) is 7.46. The Morgan fingerprint density at radius 3 is 1.79 bits per heavy atom. The van der Waals surface area contributed by atoms with E-state index in [1.54, 1.807) is 0 Å². The van der Waals surface area contributed by atoms with Gasteiger partial charge < -0.3 is 54.7 Å². The number of hydrogen-bond acceptors (Lipinski definition) is 11. The normalized spacial score (nSPS) is 50.0. The van der Waals surface area contributed by atoms with Crippen molar-refractivity contribution in [2.24, 2.45) is 0 Å². The molecule has 2 aliphatic heterocycles. The van der Waals surface area contributed by atoms with E-state index in [0.717, 1.165) is 0 Å². The van der Waals surface area contributed by atoms with Crippen molar-refractivity contribution in [2.45, 2.75) is 61.4 Å². The Kier molecular flexibility index (Phi) is 6.87. The van der Waals surface area contributed by atoms with Gasteiger partial charge in [0.1, 0.15) is 48.8 Å². The Labute approximate surface area is 137 Å². The van der Waals surface area contributed by atoms with Crippen molar-refractivity contribution in [3.63, 3.8) is 0 Å². The molecule has 2 aliphatic rings. The van der Waals surface area contributed by atoms with Crippen LogP contribution in [-0.4, -0.2) is 117 Å². The zero-order valence-electron chi connectivity index (χ0n) is 13.0. The highest BCUT2D eigenvalue weighted by Crippen LogP contribution is 2.29. The predicted molar refractivity (Wildman–Crippen MR) is 73.4 cm³/mol. The maximum atomic E-state index is 10.2. The maximum absolute atomic E-state index is 10.2. The molecular formula is C13H24O11. The highest BCUT2D eigenvalue weighted by Gasteiger charge is 2.50. The minimum Gasteiger partial charge on any atom is -0.394 e. The molecule has 0 spiro atoms. The number of methoxy groups -OCH3 is 1. The van der Waals surface area contributed by atoms with Gasteiger partial charge in [-0.25, -0.2) is 0 Å². The van der Waals surface area contributed by atoms with E-state index in [1.807, 2.05) is 0 Å². The zero-order chi connectivity index (χ0) is 18.0. The minimum atomic E-state index is -1.69. The lowest BCUT2D eigenvalue weighted by Gasteiger charge is -2.45. The average Bonchev–Trinajstić information content (AvgIpc) is 2.59.